The lowest BCUT2D eigenvalue weighted by molar-refractivity contribution is 0.0950. The molecule has 98 valence electrons. The molecule has 0 bridgehead atoms. The van der Waals surface area contributed by atoms with Gasteiger partial charge in [0.25, 0.3) is 5.91 Å². The summed E-state index contributed by atoms with van der Waals surface area (Å²) in [5.41, 5.74) is 4.97. The predicted molar refractivity (Wildman–Crippen MR) is 74.5 cm³/mol. The number of halogens is 1. The first-order valence-electron chi connectivity index (χ1n) is 5.69. The van der Waals surface area contributed by atoms with Gasteiger partial charge in [0.1, 0.15) is 0 Å². The SMILES string of the molecule is CC(=NNC(=O)c1cc(C)[nH]n1)c1ccccc1Cl. The standard InChI is InChI=1S/C13H13ClN4O/c1-8-7-12(17-15-8)13(19)18-16-9(2)10-5-3-4-6-11(10)14/h3-7H,1-2H3,(H,15,17)(H,18,19). The van der Waals surface area contributed by atoms with Crippen LogP contribution in [-0.4, -0.2) is 21.8 Å². The van der Waals surface area contributed by atoms with Crippen molar-refractivity contribution in [3.8, 4) is 0 Å². The fourth-order valence-corrected chi connectivity index (χ4v) is 1.81. The average Bonchev–Trinajstić information content (AvgIpc) is 2.83. The maximum atomic E-state index is 11.7. The first-order chi connectivity index (χ1) is 9.08. The number of hydrogen-bond acceptors (Lipinski definition) is 3. The Morgan fingerprint density at radius 1 is 1.42 bits per heavy atom. The summed E-state index contributed by atoms with van der Waals surface area (Å²) >= 11 is 6.04. The van der Waals surface area contributed by atoms with E-state index in [2.05, 4.69) is 20.7 Å². The van der Waals surface area contributed by atoms with Crippen molar-refractivity contribution in [3.63, 3.8) is 0 Å². The van der Waals surface area contributed by atoms with Gasteiger partial charge in [-0.05, 0) is 26.0 Å². The number of H-pyrrole nitrogens is 1. The van der Waals surface area contributed by atoms with E-state index in [9.17, 15) is 4.79 Å². The molecule has 0 aliphatic carbocycles. The van der Waals surface area contributed by atoms with Gasteiger partial charge in [-0.15, -0.1) is 0 Å². The van der Waals surface area contributed by atoms with E-state index < -0.39 is 0 Å². The Hall–Kier alpha value is -2.14. The van der Waals surface area contributed by atoms with Crippen molar-refractivity contribution >= 4 is 23.2 Å². The van der Waals surface area contributed by atoms with Crippen LogP contribution in [0.15, 0.2) is 35.4 Å². The van der Waals surface area contributed by atoms with Crippen LogP contribution in [0.4, 0.5) is 0 Å². The summed E-state index contributed by atoms with van der Waals surface area (Å²) in [6, 6.07) is 8.96. The van der Waals surface area contributed by atoms with E-state index in [1.165, 1.54) is 0 Å². The largest absolute Gasteiger partial charge is 0.291 e. The molecule has 2 aromatic rings. The molecule has 0 fully saturated rings. The second kappa shape index (κ2) is 5.67. The molecule has 0 atom stereocenters. The molecule has 1 amide bonds. The van der Waals surface area contributed by atoms with Gasteiger partial charge in [-0.1, -0.05) is 29.8 Å². The van der Waals surface area contributed by atoms with Gasteiger partial charge in [0, 0.05) is 16.3 Å². The molecule has 0 unspecified atom stereocenters. The highest BCUT2D eigenvalue weighted by molar-refractivity contribution is 6.34. The molecule has 1 heterocycles. The van der Waals surface area contributed by atoms with Gasteiger partial charge in [0.2, 0.25) is 0 Å². The summed E-state index contributed by atoms with van der Waals surface area (Å²) in [6.45, 7) is 3.60. The molecule has 5 nitrogen and oxygen atoms in total. The van der Waals surface area contributed by atoms with Crippen molar-refractivity contribution in [2.75, 3.05) is 0 Å². The summed E-state index contributed by atoms with van der Waals surface area (Å²) < 4.78 is 0. The number of amides is 1. The Morgan fingerprint density at radius 2 is 2.16 bits per heavy atom. The maximum Gasteiger partial charge on any atom is 0.291 e. The average molecular weight is 277 g/mol. The zero-order valence-corrected chi connectivity index (χ0v) is 11.3. The summed E-state index contributed by atoms with van der Waals surface area (Å²) in [5, 5.41) is 11.2. The summed E-state index contributed by atoms with van der Waals surface area (Å²) in [7, 11) is 0. The normalized spacial score (nSPS) is 11.4. The molecule has 0 radical (unpaired) electrons. The number of benzene rings is 1. The van der Waals surface area contributed by atoms with Gasteiger partial charge in [-0.3, -0.25) is 9.89 Å². The predicted octanol–water partition coefficient (Wildman–Crippen LogP) is 2.53. The Bertz CT molecular complexity index is 633. The minimum Gasteiger partial charge on any atom is -0.282 e. The number of aryl methyl sites for hydroxylation is 1. The van der Waals surface area contributed by atoms with E-state index in [1.807, 2.05) is 25.1 Å². The quantitative estimate of drug-likeness (QED) is 0.668. The van der Waals surface area contributed by atoms with Crippen molar-refractivity contribution in [1.29, 1.82) is 0 Å². The van der Waals surface area contributed by atoms with Crippen LogP contribution in [0.25, 0.3) is 0 Å². The Kier molecular flexibility index (Phi) is 3.97. The Balaban J connectivity index is 2.11. The highest BCUT2D eigenvalue weighted by Crippen LogP contribution is 2.15. The van der Waals surface area contributed by atoms with Crippen molar-refractivity contribution in [3.05, 3.63) is 52.3 Å². The van der Waals surface area contributed by atoms with E-state index >= 15 is 0 Å². The van der Waals surface area contributed by atoms with Crippen LogP contribution in [0, 0.1) is 6.92 Å². The van der Waals surface area contributed by atoms with Crippen molar-refractivity contribution in [1.82, 2.24) is 15.6 Å². The monoisotopic (exact) mass is 276 g/mol. The summed E-state index contributed by atoms with van der Waals surface area (Å²) in [4.78, 5) is 11.7. The van der Waals surface area contributed by atoms with E-state index in [1.54, 1.807) is 19.1 Å². The number of aromatic nitrogens is 2. The number of hydrogen-bond donors (Lipinski definition) is 2. The van der Waals surface area contributed by atoms with Crippen LogP contribution in [0.5, 0.6) is 0 Å². The van der Waals surface area contributed by atoms with E-state index in [0.717, 1.165) is 11.3 Å². The zero-order valence-electron chi connectivity index (χ0n) is 10.6. The number of carbonyl (C=O) groups is 1. The number of nitrogens with one attached hydrogen (secondary N) is 2. The van der Waals surface area contributed by atoms with Crippen LogP contribution >= 0.6 is 11.6 Å². The number of hydrazone groups is 1. The third kappa shape index (κ3) is 3.20. The number of aromatic amines is 1. The fourth-order valence-electron chi connectivity index (χ4n) is 1.54. The number of rotatable bonds is 3. The van der Waals surface area contributed by atoms with Crippen LogP contribution in [0.3, 0.4) is 0 Å². The van der Waals surface area contributed by atoms with E-state index in [0.29, 0.717) is 16.4 Å². The molecular formula is C13H13ClN4O. The highest BCUT2D eigenvalue weighted by atomic mass is 35.5. The summed E-state index contributed by atoms with van der Waals surface area (Å²) in [6.07, 6.45) is 0. The third-order valence-electron chi connectivity index (χ3n) is 2.53. The van der Waals surface area contributed by atoms with Gasteiger partial charge in [-0.25, -0.2) is 5.43 Å². The minimum atomic E-state index is -0.365. The molecule has 2 N–H and O–H groups in total. The summed E-state index contributed by atoms with van der Waals surface area (Å²) in [5.74, 6) is -0.365. The first kappa shape index (κ1) is 13.3. The van der Waals surface area contributed by atoms with Crippen LogP contribution < -0.4 is 5.43 Å². The van der Waals surface area contributed by atoms with Gasteiger partial charge in [0.15, 0.2) is 5.69 Å². The number of nitrogens with zero attached hydrogens (tertiary/aromatic N) is 2. The van der Waals surface area contributed by atoms with Crippen LogP contribution in [0.2, 0.25) is 5.02 Å². The highest BCUT2D eigenvalue weighted by Gasteiger charge is 2.09. The van der Waals surface area contributed by atoms with Gasteiger partial charge < -0.3 is 0 Å². The topological polar surface area (TPSA) is 70.1 Å². The number of carbonyl (C=O) groups excluding carboxylic acids is 1. The third-order valence-corrected chi connectivity index (χ3v) is 2.86. The second-order valence-corrected chi connectivity index (χ2v) is 4.46. The molecule has 0 aliphatic heterocycles. The van der Waals surface area contributed by atoms with Gasteiger partial charge in [0.05, 0.1) is 5.71 Å². The van der Waals surface area contributed by atoms with Crippen molar-refractivity contribution in [2.45, 2.75) is 13.8 Å². The van der Waals surface area contributed by atoms with Crippen LogP contribution in [0.1, 0.15) is 28.7 Å². The molecule has 0 spiro atoms. The molecule has 1 aromatic heterocycles. The molecular weight excluding hydrogens is 264 g/mol. The Labute approximate surface area is 115 Å². The molecule has 0 saturated heterocycles. The lowest BCUT2D eigenvalue weighted by Gasteiger charge is -2.03. The van der Waals surface area contributed by atoms with Crippen molar-refractivity contribution in [2.24, 2.45) is 5.10 Å². The fraction of sp³-hybridized carbons (Fsp3) is 0.154. The van der Waals surface area contributed by atoms with Crippen LogP contribution in [-0.2, 0) is 0 Å². The molecule has 2 rings (SSSR count). The van der Waals surface area contributed by atoms with Gasteiger partial charge >= 0.3 is 0 Å². The van der Waals surface area contributed by atoms with Crippen molar-refractivity contribution < 1.29 is 4.79 Å². The smallest absolute Gasteiger partial charge is 0.282 e. The van der Waals surface area contributed by atoms with E-state index in [4.69, 9.17) is 11.6 Å². The molecule has 1 aromatic carbocycles. The molecule has 0 aliphatic rings. The first-order valence-corrected chi connectivity index (χ1v) is 6.07. The molecule has 0 saturated carbocycles. The lowest BCUT2D eigenvalue weighted by atomic mass is 10.1. The second-order valence-electron chi connectivity index (χ2n) is 4.05. The lowest BCUT2D eigenvalue weighted by Crippen LogP contribution is -2.19. The molecule has 6 heteroatoms. The molecule has 19 heavy (non-hydrogen) atoms. The minimum absolute atomic E-state index is 0.299. The maximum absolute atomic E-state index is 11.7. The Morgan fingerprint density at radius 3 is 2.79 bits per heavy atom. The van der Waals surface area contributed by atoms with Gasteiger partial charge in [-0.2, -0.15) is 10.2 Å². The van der Waals surface area contributed by atoms with E-state index in [-0.39, 0.29) is 5.91 Å². The zero-order chi connectivity index (χ0) is 13.8.